The Morgan fingerprint density at radius 1 is 1.47 bits per heavy atom. The summed E-state index contributed by atoms with van der Waals surface area (Å²) in [6, 6.07) is 7.90. The summed E-state index contributed by atoms with van der Waals surface area (Å²) in [6.07, 6.45) is 2.19. The molecular formula is C12H16ClNO. The van der Waals surface area contributed by atoms with Crippen molar-refractivity contribution in [3.8, 4) is 0 Å². The minimum Gasteiger partial charge on any atom is -0.326 e. The molecule has 0 unspecified atom stereocenters. The fourth-order valence-corrected chi connectivity index (χ4v) is 1.45. The first kappa shape index (κ1) is 12.1. The van der Waals surface area contributed by atoms with Crippen molar-refractivity contribution in [3.05, 3.63) is 29.8 Å². The predicted octanol–water partition coefficient (Wildman–Crippen LogP) is 3.21. The molecule has 0 aliphatic carbocycles. The zero-order valence-electron chi connectivity index (χ0n) is 8.92. The van der Waals surface area contributed by atoms with Gasteiger partial charge in [0, 0.05) is 18.0 Å². The predicted molar refractivity (Wildman–Crippen MR) is 64.4 cm³/mol. The molecule has 15 heavy (non-hydrogen) atoms. The maximum Gasteiger partial charge on any atom is 0.224 e. The fourth-order valence-electron chi connectivity index (χ4n) is 1.32. The Hall–Kier alpha value is -1.02. The van der Waals surface area contributed by atoms with E-state index in [-0.39, 0.29) is 5.91 Å². The number of rotatable bonds is 5. The molecule has 1 aromatic rings. The molecule has 82 valence electrons. The molecule has 0 aliphatic rings. The number of anilines is 1. The molecule has 0 heterocycles. The number of benzene rings is 1. The lowest BCUT2D eigenvalue weighted by Gasteiger charge is -2.05. The lowest BCUT2D eigenvalue weighted by Crippen LogP contribution is -2.11. The highest BCUT2D eigenvalue weighted by molar-refractivity contribution is 6.18. The zero-order chi connectivity index (χ0) is 11.1. The number of carbonyl (C=O) groups is 1. The number of amides is 1. The van der Waals surface area contributed by atoms with Gasteiger partial charge in [0.25, 0.3) is 0 Å². The summed E-state index contributed by atoms with van der Waals surface area (Å²) in [5.74, 6) is 0.562. The average molecular weight is 226 g/mol. The minimum absolute atomic E-state index is 0.0314. The van der Waals surface area contributed by atoms with Gasteiger partial charge in [0.1, 0.15) is 0 Å². The van der Waals surface area contributed by atoms with Gasteiger partial charge in [-0.2, -0.15) is 0 Å². The van der Waals surface area contributed by atoms with Crippen molar-refractivity contribution in [2.75, 3.05) is 11.2 Å². The van der Waals surface area contributed by atoms with Gasteiger partial charge in [-0.25, -0.2) is 0 Å². The molecule has 0 aliphatic heterocycles. The normalized spacial score (nSPS) is 10.0. The SMILES string of the molecule is CCc1cccc(NC(=O)CCCCl)c1. The van der Waals surface area contributed by atoms with Gasteiger partial charge in [-0.3, -0.25) is 4.79 Å². The van der Waals surface area contributed by atoms with Crippen molar-refractivity contribution in [2.24, 2.45) is 0 Å². The molecule has 0 atom stereocenters. The maximum atomic E-state index is 11.4. The first-order chi connectivity index (χ1) is 7.26. The Balaban J connectivity index is 2.52. The second-order valence-corrected chi connectivity index (χ2v) is 3.77. The third kappa shape index (κ3) is 4.34. The van der Waals surface area contributed by atoms with Crippen molar-refractivity contribution in [3.63, 3.8) is 0 Å². The van der Waals surface area contributed by atoms with E-state index in [9.17, 15) is 4.79 Å². The highest BCUT2D eigenvalue weighted by atomic mass is 35.5. The van der Waals surface area contributed by atoms with Gasteiger partial charge in [0.15, 0.2) is 0 Å². The number of aryl methyl sites for hydroxylation is 1. The third-order valence-corrected chi connectivity index (χ3v) is 2.42. The highest BCUT2D eigenvalue weighted by Crippen LogP contribution is 2.11. The topological polar surface area (TPSA) is 29.1 Å². The molecule has 1 amide bonds. The number of halogens is 1. The summed E-state index contributed by atoms with van der Waals surface area (Å²) in [6.45, 7) is 2.09. The Bertz CT molecular complexity index is 325. The van der Waals surface area contributed by atoms with Gasteiger partial charge in [0.05, 0.1) is 0 Å². The van der Waals surface area contributed by atoms with Gasteiger partial charge in [-0.05, 0) is 30.5 Å². The maximum absolute atomic E-state index is 11.4. The van der Waals surface area contributed by atoms with E-state index in [0.717, 1.165) is 18.5 Å². The summed E-state index contributed by atoms with van der Waals surface area (Å²) < 4.78 is 0. The van der Waals surface area contributed by atoms with Crippen LogP contribution >= 0.6 is 11.6 Å². The van der Waals surface area contributed by atoms with Crippen LogP contribution < -0.4 is 5.32 Å². The van der Waals surface area contributed by atoms with Crippen molar-refractivity contribution in [1.82, 2.24) is 0 Å². The largest absolute Gasteiger partial charge is 0.326 e. The molecule has 0 saturated carbocycles. The molecule has 3 heteroatoms. The van der Waals surface area contributed by atoms with Crippen LogP contribution in [0.3, 0.4) is 0 Å². The van der Waals surface area contributed by atoms with Crippen LogP contribution in [-0.2, 0) is 11.2 Å². The summed E-state index contributed by atoms with van der Waals surface area (Å²) in [5.41, 5.74) is 2.10. The van der Waals surface area contributed by atoms with Crippen molar-refractivity contribution >= 4 is 23.2 Å². The Kier molecular flexibility index (Phi) is 5.19. The van der Waals surface area contributed by atoms with Crippen LogP contribution in [0.15, 0.2) is 24.3 Å². The van der Waals surface area contributed by atoms with Crippen molar-refractivity contribution in [2.45, 2.75) is 26.2 Å². The van der Waals surface area contributed by atoms with E-state index in [1.54, 1.807) is 0 Å². The molecular weight excluding hydrogens is 210 g/mol. The molecule has 0 spiro atoms. The smallest absolute Gasteiger partial charge is 0.224 e. The molecule has 1 N–H and O–H groups in total. The Labute approximate surface area is 95.6 Å². The fraction of sp³-hybridized carbons (Fsp3) is 0.417. The van der Waals surface area contributed by atoms with Gasteiger partial charge >= 0.3 is 0 Å². The number of hydrogen-bond acceptors (Lipinski definition) is 1. The molecule has 0 bridgehead atoms. The van der Waals surface area contributed by atoms with E-state index in [4.69, 9.17) is 11.6 Å². The quantitative estimate of drug-likeness (QED) is 0.767. The van der Waals surface area contributed by atoms with E-state index in [2.05, 4.69) is 18.3 Å². The molecule has 0 aromatic heterocycles. The molecule has 0 fully saturated rings. The van der Waals surface area contributed by atoms with E-state index in [0.29, 0.717) is 12.3 Å². The summed E-state index contributed by atoms with van der Waals surface area (Å²) in [4.78, 5) is 11.4. The molecule has 1 rings (SSSR count). The van der Waals surface area contributed by atoms with Crippen LogP contribution in [0.25, 0.3) is 0 Å². The summed E-state index contributed by atoms with van der Waals surface area (Å²) >= 11 is 5.52. The van der Waals surface area contributed by atoms with E-state index < -0.39 is 0 Å². The zero-order valence-corrected chi connectivity index (χ0v) is 9.68. The first-order valence-electron chi connectivity index (χ1n) is 5.21. The second kappa shape index (κ2) is 6.46. The van der Waals surface area contributed by atoms with Crippen LogP contribution in [0.5, 0.6) is 0 Å². The van der Waals surface area contributed by atoms with Gasteiger partial charge in [-0.15, -0.1) is 11.6 Å². The first-order valence-corrected chi connectivity index (χ1v) is 5.74. The monoisotopic (exact) mass is 225 g/mol. The standard InChI is InChI=1S/C12H16ClNO/c1-2-10-5-3-6-11(9-10)14-12(15)7-4-8-13/h3,5-6,9H,2,4,7-8H2,1H3,(H,14,15). The molecule has 0 radical (unpaired) electrons. The van der Waals surface area contributed by atoms with Crippen LogP contribution in [0.1, 0.15) is 25.3 Å². The lowest BCUT2D eigenvalue weighted by atomic mass is 10.1. The molecule has 0 saturated heterocycles. The van der Waals surface area contributed by atoms with Crippen LogP contribution in [0.4, 0.5) is 5.69 Å². The lowest BCUT2D eigenvalue weighted by molar-refractivity contribution is -0.116. The number of alkyl halides is 1. The average Bonchev–Trinajstić information content (AvgIpc) is 2.26. The van der Waals surface area contributed by atoms with Gasteiger partial charge < -0.3 is 5.32 Å². The summed E-state index contributed by atoms with van der Waals surface area (Å²) in [7, 11) is 0. The van der Waals surface area contributed by atoms with E-state index in [1.807, 2.05) is 18.2 Å². The Morgan fingerprint density at radius 2 is 2.27 bits per heavy atom. The molecule has 2 nitrogen and oxygen atoms in total. The van der Waals surface area contributed by atoms with Crippen molar-refractivity contribution < 1.29 is 4.79 Å². The second-order valence-electron chi connectivity index (χ2n) is 3.39. The number of carbonyl (C=O) groups excluding carboxylic acids is 1. The number of hydrogen-bond donors (Lipinski definition) is 1. The van der Waals surface area contributed by atoms with Crippen LogP contribution in [0, 0.1) is 0 Å². The number of nitrogens with one attached hydrogen (secondary N) is 1. The van der Waals surface area contributed by atoms with Gasteiger partial charge in [-0.1, -0.05) is 19.1 Å². The van der Waals surface area contributed by atoms with Crippen molar-refractivity contribution in [1.29, 1.82) is 0 Å². The van der Waals surface area contributed by atoms with Gasteiger partial charge in [0.2, 0.25) is 5.91 Å². The van der Waals surface area contributed by atoms with Crippen LogP contribution in [0.2, 0.25) is 0 Å². The van der Waals surface area contributed by atoms with E-state index in [1.165, 1.54) is 5.56 Å². The van der Waals surface area contributed by atoms with Crippen LogP contribution in [-0.4, -0.2) is 11.8 Å². The third-order valence-electron chi connectivity index (χ3n) is 2.16. The van der Waals surface area contributed by atoms with E-state index >= 15 is 0 Å². The molecule has 1 aromatic carbocycles. The minimum atomic E-state index is 0.0314. The summed E-state index contributed by atoms with van der Waals surface area (Å²) in [5, 5.41) is 2.85. The Morgan fingerprint density at radius 3 is 2.93 bits per heavy atom. The highest BCUT2D eigenvalue weighted by Gasteiger charge is 2.01.